The normalized spacial score (nSPS) is 20.8. The molecular formula is C15H19BrN4O. The van der Waals surface area contributed by atoms with Crippen molar-refractivity contribution in [3.63, 3.8) is 0 Å². The van der Waals surface area contributed by atoms with Crippen LogP contribution in [0.2, 0.25) is 0 Å². The minimum Gasteiger partial charge on any atom is -0.352 e. The number of carbonyl (C=O) groups is 1. The van der Waals surface area contributed by atoms with Crippen molar-refractivity contribution in [2.75, 3.05) is 13.1 Å². The third-order valence-electron chi connectivity index (χ3n) is 4.35. The molecule has 1 aliphatic heterocycles. The van der Waals surface area contributed by atoms with Gasteiger partial charge in [0, 0.05) is 34.3 Å². The van der Waals surface area contributed by atoms with Crippen LogP contribution in [0.3, 0.4) is 0 Å². The van der Waals surface area contributed by atoms with Crippen molar-refractivity contribution in [2.45, 2.75) is 25.8 Å². The topological polar surface area (TPSA) is 69.8 Å². The van der Waals surface area contributed by atoms with E-state index in [1.165, 1.54) is 0 Å². The maximum Gasteiger partial charge on any atom is 0.253 e. The first-order valence-corrected chi connectivity index (χ1v) is 7.92. The van der Waals surface area contributed by atoms with Crippen LogP contribution in [0.1, 0.15) is 30.6 Å². The molecule has 1 fully saturated rings. The molecule has 0 aromatic carbocycles. The Bertz CT molecular complexity index is 679. The third-order valence-corrected chi connectivity index (χ3v) is 4.78. The summed E-state index contributed by atoms with van der Waals surface area (Å²) in [6.45, 7) is 6.07. The molecule has 1 unspecified atom stereocenters. The molecule has 112 valence electrons. The molecule has 3 rings (SSSR count). The number of nitrogens with one attached hydrogen (secondary N) is 3. The van der Waals surface area contributed by atoms with Crippen LogP contribution in [-0.2, 0) is 0 Å². The molecule has 1 aliphatic rings. The number of aromatic nitrogens is 2. The van der Waals surface area contributed by atoms with E-state index in [9.17, 15) is 4.79 Å². The zero-order valence-corrected chi connectivity index (χ0v) is 13.8. The second-order valence-electron chi connectivity index (χ2n) is 6.10. The van der Waals surface area contributed by atoms with E-state index in [-0.39, 0.29) is 11.4 Å². The average Bonchev–Trinajstić information content (AvgIpc) is 2.98. The van der Waals surface area contributed by atoms with Gasteiger partial charge in [-0.3, -0.25) is 4.79 Å². The van der Waals surface area contributed by atoms with Gasteiger partial charge in [0.2, 0.25) is 0 Å². The smallest absolute Gasteiger partial charge is 0.253 e. The molecule has 2 aromatic rings. The largest absolute Gasteiger partial charge is 0.352 e. The minimum absolute atomic E-state index is 0.0520. The van der Waals surface area contributed by atoms with Crippen LogP contribution in [0.15, 0.2) is 22.9 Å². The molecule has 1 amide bonds. The van der Waals surface area contributed by atoms with Gasteiger partial charge in [-0.1, -0.05) is 0 Å². The Kier molecular flexibility index (Phi) is 3.75. The number of halogens is 1. The van der Waals surface area contributed by atoms with Crippen molar-refractivity contribution in [3.8, 4) is 0 Å². The summed E-state index contributed by atoms with van der Waals surface area (Å²) in [4.78, 5) is 19.7. The van der Waals surface area contributed by atoms with Crippen LogP contribution in [0.25, 0.3) is 11.0 Å². The van der Waals surface area contributed by atoms with Crippen LogP contribution in [-0.4, -0.2) is 34.5 Å². The third kappa shape index (κ3) is 2.82. The van der Waals surface area contributed by atoms with Gasteiger partial charge in [-0.25, -0.2) is 4.98 Å². The summed E-state index contributed by atoms with van der Waals surface area (Å²) < 4.78 is 0.866. The average molecular weight is 351 g/mol. The molecule has 2 aromatic heterocycles. The molecule has 6 heteroatoms. The van der Waals surface area contributed by atoms with E-state index in [0.29, 0.717) is 18.0 Å². The van der Waals surface area contributed by atoms with Crippen LogP contribution in [0, 0.1) is 5.92 Å². The number of H-pyrrole nitrogens is 1. The summed E-state index contributed by atoms with van der Waals surface area (Å²) in [6, 6.07) is 1.91. The van der Waals surface area contributed by atoms with Gasteiger partial charge in [0.25, 0.3) is 5.91 Å². The lowest BCUT2D eigenvalue weighted by atomic mass is 9.89. The second kappa shape index (κ2) is 5.42. The van der Waals surface area contributed by atoms with Gasteiger partial charge in [0.1, 0.15) is 5.65 Å². The Labute approximate surface area is 132 Å². The van der Waals surface area contributed by atoms with Gasteiger partial charge in [0.05, 0.1) is 5.56 Å². The van der Waals surface area contributed by atoms with Crippen molar-refractivity contribution < 1.29 is 4.79 Å². The summed E-state index contributed by atoms with van der Waals surface area (Å²) in [7, 11) is 0. The first-order valence-electron chi connectivity index (χ1n) is 7.13. The quantitative estimate of drug-likeness (QED) is 0.796. The van der Waals surface area contributed by atoms with Gasteiger partial charge >= 0.3 is 0 Å². The number of fused-ring (bicyclic) bond motifs is 1. The number of nitrogens with zero attached hydrogens (tertiary/aromatic N) is 1. The number of amides is 1. The lowest BCUT2D eigenvalue weighted by molar-refractivity contribution is 0.0944. The lowest BCUT2D eigenvalue weighted by Gasteiger charge is -2.27. The summed E-state index contributed by atoms with van der Waals surface area (Å²) in [5, 5.41) is 7.36. The zero-order chi connectivity index (χ0) is 15.0. The van der Waals surface area contributed by atoms with E-state index >= 15 is 0 Å². The second-order valence-corrected chi connectivity index (χ2v) is 7.01. The molecule has 0 aliphatic carbocycles. The fraction of sp³-hybridized carbons (Fsp3) is 0.467. The van der Waals surface area contributed by atoms with Gasteiger partial charge in [-0.15, -0.1) is 0 Å². The van der Waals surface area contributed by atoms with Crippen LogP contribution >= 0.6 is 15.9 Å². The maximum atomic E-state index is 12.4. The molecule has 0 saturated carbocycles. The highest BCUT2D eigenvalue weighted by atomic mass is 79.9. The maximum absolute atomic E-state index is 12.4. The molecule has 0 radical (unpaired) electrons. The first kappa shape index (κ1) is 14.5. The van der Waals surface area contributed by atoms with E-state index < -0.39 is 0 Å². The predicted molar refractivity (Wildman–Crippen MR) is 86.3 cm³/mol. The number of hydrogen-bond donors (Lipinski definition) is 3. The number of aromatic amines is 1. The number of carbonyl (C=O) groups excluding carboxylic acids is 1. The van der Waals surface area contributed by atoms with Gasteiger partial charge in [-0.05, 0) is 54.7 Å². The SMILES string of the molecule is CC1(C)NCCC1CNC(=O)c1c[nH]c2ncc(Br)cc12. The van der Waals surface area contributed by atoms with Crippen LogP contribution in [0.5, 0.6) is 0 Å². The van der Waals surface area contributed by atoms with Gasteiger partial charge in [0.15, 0.2) is 0 Å². The molecule has 0 bridgehead atoms. The summed E-state index contributed by atoms with van der Waals surface area (Å²) >= 11 is 3.39. The monoisotopic (exact) mass is 350 g/mol. The minimum atomic E-state index is -0.0520. The fourth-order valence-electron chi connectivity index (χ4n) is 2.91. The summed E-state index contributed by atoms with van der Waals surface area (Å²) in [5.74, 6) is 0.403. The molecule has 21 heavy (non-hydrogen) atoms. The zero-order valence-electron chi connectivity index (χ0n) is 12.2. The van der Waals surface area contributed by atoms with E-state index in [2.05, 4.69) is 50.4 Å². The van der Waals surface area contributed by atoms with Gasteiger partial charge in [-0.2, -0.15) is 0 Å². The molecule has 3 N–H and O–H groups in total. The predicted octanol–water partition coefficient (Wildman–Crippen LogP) is 2.44. The van der Waals surface area contributed by atoms with Gasteiger partial charge < -0.3 is 15.6 Å². The Hall–Kier alpha value is -1.40. The van der Waals surface area contributed by atoms with E-state index in [1.807, 2.05) is 6.07 Å². The van der Waals surface area contributed by atoms with E-state index in [0.717, 1.165) is 28.5 Å². The fourth-order valence-corrected chi connectivity index (χ4v) is 3.24. The van der Waals surface area contributed by atoms with Crippen molar-refractivity contribution in [2.24, 2.45) is 5.92 Å². The Morgan fingerprint density at radius 3 is 3.10 bits per heavy atom. The standard InChI is InChI=1S/C15H19BrN4O/c1-15(2)9(3-4-20-15)6-19-14(21)12-8-18-13-11(12)5-10(16)7-17-13/h5,7-9,20H,3-4,6H2,1-2H3,(H,17,18)(H,19,21). The highest BCUT2D eigenvalue weighted by Crippen LogP contribution is 2.25. The summed E-state index contributed by atoms with van der Waals surface area (Å²) in [5.41, 5.74) is 1.45. The number of pyridine rings is 1. The molecule has 3 heterocycles. The Balaban J connectivity index is 1.74. The molecular weight excluding hydrogens is 332 g/mol. The molecule has 1 atom stereocenters. The summed E-state index contributed by atoms with van der Waals surface area (Å²) in [6.07, 6.45) is 4.53. The van der Waals surface area contributed by atoms with Crippen LogP contribution < -0.4 is 10.6 Å². The molecule has 5 nitrogen and oxygen atoms in total. The van der Waals surface area contributed by atoms with Crippen molar-refractivity contribution in [3.05, 3.63) is 28.5 Å². The van der Waals surface area contributed by atoms with Crippen molar-refractivity contribution >= 4 is 32.9 Å². The van der Waals surface area contributed by atoms with E-state index in [1.54, 1.807) is 12.4 Å². The number of hydrogen-bond acceptors (Lipinski definition) is 3. The van der Waals surface area contributed by atoms with E-state index in [4.69, 9.17) is 0 Å². The Morgan fingerprint density at radius 2 is 2.38 bits per heavy atom. The van der Waals surface area contributed by atoms with Crippen molar-refractivity contribution in [1.29, 1.82) is 0 Å². The Morgan fingerprint density at radius 1 is 1.57 bits per heavy atom. The number of rotatable bonds is 3. The molecule has 0 spiro atoms. The first-order chi connectivity index (χ1) is 9.97. The lowest BCUT2D eigenvalue weighted by Crippen LogP contribution is -2.43. The highest BCUT2D eigenvalue weighted by Gasteiger charge is 2.34. The molecule has 1 saturated heterocycles. The highest BCUT2D eigenvalue weighted by molar-refractivity contribution is 9.10. The van der Waals surface area contributed by atoms with Crippen LogP contribution in [0.4, 0.5) is 0 Å². The van der Waals surface area contributed by atoms with Crippen molar-refractivity contribution in [1.82, 2.24) is 20.6 Å².